The lowest BCUT2D eigenvalue weighted by Crippen LogP contribution is -2.61. The average Bonchev–Trinajstić information content (AvgIpc) is 2.96. The summed E-state index contributed by atoms with van der Waals surface area (Å²) >= 11 is 0. The zero-order valence-corrected chi connectivity index (χ0v) is 45.1. The van der Waals surface area contributed by atoms with Crippen molar-refractivity contribution < 1.29 is 11.3 Å². The highest BCUT2D eigenvalue weighted by Crippen LogP contribution is 2.53. The van der Waals surface area contributed by atoms with E-state index in [9.17, 15) is 2.74 Å². The van der Waals surface area contributed by atoms with Gasteiger partial charge in [0.1, 0.15) is 11.2 Å². The average molecular weight is 1000 g/mol. The number of aryl methyl sites for hydroxylation is 1. The van der Waals surface area contributed by atoms with Gasteiger partial charge in [-0.1, -0.05) is 183 Å². The molecule has 0 amide bonds. The number of benzene rings is 10. The molecule has 0 bridgehead atoms. The van der Waals surface area contributed by atoms with E-state index in [1.54, 1.807) is 0 Å². The smallest absolute Gasteiger partial charge is 0.252 e. The highest BCUT2D eigenvalue weighted by molar-refractivity contribution is 7.00. The molecule has 77 heavy (non-hydrogen) atoms. The lowest BCUT2D eigenvalue weighted by Gasteiger charge is -2.45. The Morgan fingerprint density at radius 3 is 1.77 bits per heavy atom. The number of para-hydroxylation sites is 3. The predicted molar refractivity (Wildman–Crippen MR) is 328 cm³/mol. The molecule has 10 aromatic carbocycles. The third-order valence-electron chi connectivity index (χ3n) is 16.7. The maximum absolute atomic E-state index is 9.47. The Bertz CT molecular complexity index is 4450. The summed E-state index contributed by atoms with van der Waals surface area (Å²) < 4.78 is 52.1. The Kier molecular flexibility index (Phi) is 9.19. The fourth-order valence-corrected chi connectivity index (χ4v) is 12.8. The fourth-order valence-electron chi connectivity index (χ4n) is 12.8. The Morgan fingerprint density at radius 1 is 0.494 bits per heavy atom. The zero-order valence-electron chi connectivity index (χ0n) is 50.1. The van der Waals surface area contributed by atoms with Crippen LogP contribution in [0.4, 0.5) is 51.2 Å². The predicted octanol–water partition coefficient (Wildman–Crippen LogP) is 18.0. The minimum Gasteiger partial charge on any atom is -0.455 e. The van der Waals surface area contributed by atoms with Gasteiger partial charge in [0.25, 0.3) is 6.71 Å². The molecule has 0 atom stereocenters. The van der Waals surface area contributed by atoms with Crippen molar-refractivity contribution >= 4 is 96.2 Å². The molecule has 0 N–H and O–H groups in total. The molecule has 3 aliphatic rings. The van der Waals surface area contributed by atoms with Gasteiger partial charge in [0.05, 0.1) is 6.85 Å². The molecule has 0 saturated heterocycles. The second-order valence-electron chi connectivity index (χ2n) is 23.9. The van der Waals surface area contributed by atoms with Gasteiger partial charge in [-0.3, -0.25) is 0 Å². The molecule has 2 aliphatic heterocycles. The third-order valence-corrected chi connectivity index (χ3v) is 16.7. The van der Waals surface area contributed by atoms with Crippen molar-refractivity contribution in [2.24, 2.45) is 0 Å². The van der Waals surface area contributed by atoms with E-state index in [0.717, 1.165) is 83.8 Å². The van der Waals surface area contributed by atoms with Crippen LogP contribution in [-0.4, -0.2) is 6.71 Å². The van der Waals surface area contributed by atoms with E-state index in [1.807, 2.05) is 35.2 Å². The first kappa shape index (κ1) is 41.7. The Labute approximate surface area is 461 Å². The van der Waals surface area contributed by atoms with E-state index in [-0.39, 0.29) is 40.7 Å². The van der Waals surface area contributed by atoms with Crippen LogP contribution in [0.25, 0.3) is 44.2 Å². The van der Waals surface area contributed by atoms with Crippen molar-refractivity contribution in [3.63, 3.8) is 0 Å². The molecule has 0 radical (unpaired) electrons. The second-order valence-corrected chi connectivity index (χ2v) is 23.9. The van der Waals surface area contributed by atoms with Gasteiger partial charge in [0.2, 0.25) is 0 Å². The monoisotopic (exact) mass is 1000 g/mol. The third kappa shape index (κ3) is 7.34. The molecule has 11 aromatic rings. The molecule has 1 aromatic heterocycles. The number of fused-ring (bicyclic) bond motifs is 10. The van der Waals surface area contributed by atoms with Gasteiger partial charge >= 0.3 is 0 Å². The van der Waals surface area contributed by atoms with E-state index < -0.39 is 18.1 Å². The topological polar surface area (TPSA) is 22.9 Å². The number of hydrogen-bond acceptors (Lipinski definition) is 4. The molecule has 5 heteroatoms. The summed E-state index contributed by atoms with van der Waals surface area (Å²) in [4.78, 5) is 6.73. The van der Waals surface area contributed by atoms with E-state index in [4.69, 9.17) is 8.53 Å². The summed E-state index contributed by atoms with van der Waals surface area (Å²) in [5.41, 5.74) is 22.9. The van der Waals surface area contributed by atoms with E-state index >= 15 is 0 Å². The Morgan fingerprint density at radius 2 is 1.08 bits per heavy atom. The molecule has 4 nitrogen and oxygen atoms in total. The van der Waals surface area contributed by atoms with Crippen LogP contribution >= 0.6 is 0 Å². The highest BCUT2D eigenvalue weighted by atomic mass is 16.3. The number of rotatable bonds is 6. The molecule has 14 rings (SSSR count). The SMILES string of the molecule is [2H]c1c([2H])c([2H])c(N(c2ccc(C(C)(C)C)cc2)c2ccc3c(c2)N(c2ccc(-c4cccc5c4oc4ccccc45)cc2)c2cc(C)cc4c2B3c2cc3c(cc2N4c2ccc(C(C)(C)C)cc2)C(C)(C)c2ccccc2-3)c([2H])c1[2H]. The lowest BCUT2D eigenvalue weighted by atomic mass is 9.33. The number of anilines is 9. The summed E-state index contributed by atoms with van der Waals surface area (Å²) in [7, 11) is 0. The minimum absolute atomic E-state index is 0.0340. The first-order valence-electron chi connectivity index (χ1n) is 29.4. The van der Waals surface area contributed by atoms with Gasteiger partial charge in [0.15, 0.2) is 0 Å². The standard InChI is InChI=1S/C72H62BN3O/c1-45-40-65-68-66(41-45)76(52-36-30-48(31-37-52)71(5,6)7)64-44-60-58(55-20-13-15-24-59(55)72(60,8)9)43-62(64)73(68)61-39-38-53(74(49-18-11-10-12-19-49)50-34-28-47(29-35-50)70(2,3)4)42-63(61)75(65)51-32-26-46(27-33-51)54-22-17-23-57-56-21-14-16-25-67(56)77-69(54)57/h10-44H,1-9H3/i10D,11D,12D,18D,19D. The van der Waals surface area contributed by atoms with Crippen LogP contribution in [0, 0.1) is 6.92 Å². The minimum atomic E-state index is -0.436. The maximum atomic E-state index is 9.47. The van der Waals surface area contributed by atoms with Crippen molar-refractivity contribution in [1.82, 2.24) is 0 Å². The van der Waals surface area contributed by atoms with Crippen molar-refractivity contribution in [3.05, 3.63) is 240 Å². The van der Waals surface area contributed by atoms with Crippen molar-refractivity contribution in [1.29, 1.82) is 0 Å². The Hall–Kier alpha value is -8.54. The summed E-state index contributed by atoms with van der Waals surface area (Å²) in [6.07, 6.45) is 0. The van der Waals surface area contributed by atoms with Crippen molar-refractivity contribution in [2.75, 3.05) is 14.7 Å². The summed E-state index contributed by atoms with van der Waals surface area (Å²) in [6.45, 7) is 19.9. The van der Waals surface area contributed by atoms with Crippen LogP contribution in [0.15, 0.2) is 217 Å². The summed E-state index contributed by atoms with van der Waals surface area (Å²) in [5.74, 6) is 0. The second kappa shape index (κ2) is 17.0. The van der Waals surface area contributed by atoms with Gasteiger partial charge in [-0.05, 0) is 164 Å². The van der Waals surface area contributed by atoms with Gasteiger partial charge < -0.3 is 19.1 Å². The first-order chi connectivity index (χ1) is 39.2. The van der Waals surface area contributed by atoms with Crippen LogP contribution in [0.5, 0.6) is 0 Å². The summed E-state index contributed by atoms with van der Waals surface area (Å²) in [6, 6.07) is 63.8. The van der Waals surface area contributed by atoms with Gasteiger partial charge in [-0.15, -0.1) is 0 Å². The number of nitrogens with zero attached hydrogens (tertiary/aromatic N) is 3. The van der Waals surface area contributed by atoms with Gasteiger partial charge in [-0.2, -0.15) is 0 Å². The van der Waals surface area contributed by atoms with Crippen LogP contribution in [-0.2, 0) is 16.2 Å². The number of hydrogen-bond donors (Lipinski definition) is 0. The molecular weight excluding hydrogens is 934 g/mol. The zero-order chi connectivity index (χ0) is 57.1. The normalized spacial score (nSPS) is 15.0. The van der Waals surface area contributed by atoms with Crippen LogP contribution in [0.3, 0.4) is 0 Å². The Balaban J connectivity index is 1.05. The molecule has 0 unspecified atom stereocenters. The molecule has 0 saturated carbocycles. The molecule has 0 spiro atoms. The molecule has 0 fully saturated rings. The highest BCUT2D eigenvalue weighted by Gasteiger charge is 2.46. The van der Waals surface area contributed by atoms with E-state index in [0.29, 0.717) is 11.4 Å². The van der Waals surface area contributed by atoms with Gasteiger partial charge in [0, 0.05) is 72.9 Å². The molecule has 1 aliphatic carbocycles. The van der Waals surface area contributed by atoms with Crippen molar-refractivity contribution in [2.45, 2.75) is 78.6 Å². The van der Waals surface area contributed by atoms with Crippen molar-refractivity contribution in [3.8, 4) is 22.3 Å². The lowest BCUT2D eigenvalue weighted by molar-refractivity contribution is 0.590. The summed E-state index contributed by atoms with van der Waals surface area (Å²) in [5, 5.41) is 2.15. The van der Waals surface area contributed by atoms with E-state index in [1.165, 1.54) is 38.7 Å². The largest absolute Gasteiger partial charge is 0.455 e. The van der Waals surface area contributed by atoms with E-state index in [2.05, 4.69) is 224 Å². The van der Waals surface area contributed by atoms with Crippen LogP contribution < -0.4 is 31.1 Å². The maximum Gasteiger partial charge on any atom is 0.252 e. The number of furan rings is 1. The quantitative estimate of drug-likeness (QED) is 0.155. The fraction of sp³-hybridized carbons (Fsp3) is 0.167. The van der Waals surface area contributed by atoms with Gasteiger partial charge in [-0.25, -0.2) is 0 Å². The van der Waals surface area contributed by atoms with Crippen LogP contribution in [0.1, 0.15) is 90.1 Å². The van der Waals surface area contributed by atoms with Crippen LogP contribution in [0.2, 0.25) is 0 Å². The molecule has 3 heterocycles. The molecule has 374 valence electrons. The first-order valence-corrected chi connectivity index (χ1v) is 26.9. The molecular formula is C72H62BN3O.